The molecule has 3 nitrogen and oxygen atoms in total. The number of hydrogen-bond acceptors (Lipinski definition) is 3. The Hall–Kier alpha value is -1.29. The number of halogens is 1. The van der Waals surface area contributed by atoms with Crippen LogP contribution in [0.3, 0.4) is 0 Å². The smallest absolute Gasteiger partial charge is 0.127 e. The molecule has 0 fully saturated rings. The Morgan fingerprint density at radius 3 is 2.38 bits per heavy atom. The van der Waals surface area contributed by atoms with Crippen LogP contribution in [-0.2, 0) is 0 Å². The summed E-state index contributed by atoms with van der Waals surface area (Å²) >= 11 is 0. The molecule has 0 aliphatic heterocycles. The number of anilines is 2. The number of aliphatic hydroxyl groups excluding tert-OH is 1. The van der Waals surface area contributed by atoms with Gasteiger partial charge in [-0.05, 0) is 31.0 Å². The lowest BCUT2D eigenvalue weighted by Crippen LogP contribution is -2.40. The fourth-order valence-corrected chi connectivity index (χ4v) is 1.68. The number of nitrogen functional groups attached to an aromatic ring is 1. The maximum absolute atomic E-state index is 13.1. The van der Waals surface area contributed by atoms with Crippen molar-refractivity contribution in [3.05, 3.63) is 24.0 Å². The number of hydrogen-bond donors (Lipinski definition) is 3. The minimum Gasteiger partial charge on any atom is -0.399 e. The summed E-state index contributed by atoms with van der Waals surface area (Å²) in [5.74, 6) is -0.374. The summed E-state index contributed by atoms with van der Waals surface area (Å²) in [6.07, 6.45) is 1.52. The predicted molar refractivity (Wildman–Crippen MR) is 64.8 cm³/mol. The van der Waals surface area contributed by atoms with Gasteiger partial charge in [-0.2, -0.15) is 0 Å². The second kappa shape index (κ2) is 5.16. The van der Waals surface area contributed by atoms with Gasteiger partial charge < -0.3 is 16.2 Å². The zero-order valence-corrected chi connectivity index (χ0v) is 9.76. The summed E-state index contributed by atoms with van der Waals surface area (Å²) < 4.78 is 13.1. The molecule has 90 valence electrons. The van der Waals surface area contributed by atoms with Crippen LogP contribution in [0.15, 0.2) is 18.2 Å². The standard InChI is InChI=1S/C12H19FN2O/c1-3-12(4-2,8-16)15-11-6-9(13)5-10(14)7-11/h5-7,15-16H,3-4,8,14H2,1-2H3. The Morgan fingerprint density at radius 2 is 1.94 bits per heavy atom. The molecule has 0 aliphatic rings. The third-order valence-electron chi connectivity index (χ3n) is 2.99. The molecule has 1 rings (SSSR count). The highest BCUT2D eigenvalue weighted by molar-refractivity contribution is 5.55. The average molecular weight is 226 g/mol. The lowest BCUT2D eigenvalue weighted by atomic mass is 9.93. The minimum atomic E-state index is -0.403. The first-order chi connectivity index (χ1) is 7.55. The SMILES string of the molecule is CCC(CC)(CO)Nc1cc(N)cc(F)c1. The lowest BCUT2D eigenvalue weighted by Gasteiger charge is -2.32. The molecular formula is C12H19FN2O. The summed E-state index contributed by atoms with van der Waals surface area (Å²) in [6, 6.07) is 4.31. The third-order valence-corrected chi connectivity index (χ3v) is 2.99. The van der Waals surface area contributed by atoms with Gasteiger partial charge in [0.1, 0.15) is 5.82 Å². The monoisotopic (exact) mass is 226 g/mol. The third kappa shape index (κ3) is 2.85. The van der Waals surface area contributed by atoms with Crippen LogP contribution in [0, 0.1) is 5.82 Å². The second-order valence-electron chi connectivity index (χ2n) is 4.04. The van der Waals surface area contributed by atoms with Crippen molar-refractivity contribution < 1.29 is 9.50 Å². The van der Waals surface area contributed by atoms with Crippen LogP contribution < -0.4 is 11.1 Å². The first-order valence-corrected chi connectivity index (χ1v) is 5.50. The highest BCUT2D eigenvalue weighted by Crippen LogP contribution is 2.24. The van der Waals surface area contributed by atoms with Crippen LogP contribution >= 0.6 is 0 Å². The molecule has 0 radical (unpaired) electrons. The molecule has 1 aromatic rings. The number of nitrogens with one attached hydrogen (secondary N) is 1. The molecule has 0 saturated carbocycles. The zero-order chi connectivity index (χ0) is 12.2. The molecule has 0 aliphatic carbocycles. The molecular weight excluding hydrogens is 207 g/mol. The summed E-state index contributed by atoms with van der Waals surface area (Å²) in [5, 5.41) is 12.5. The van der Waals surface area contributed by atoms with Crippen molar-refractivity contribution in [3.63, 3.8) is 0 Å². The van der Waals surface area contributed by atoms with E-state index in [-0.39, 0.29) is 12.4 Å². The van der Waals surface area contributed by atoms with E-state index in [0.29, 0.717) is 11.4 Å². The molecule has 4 N–H and O–H groups in total. The van der Waals surface area contributed by atoms with E-state index in [2.05, 4.69) is 5.32 Å². The van der Waals surface area contributed by atoms with Crippen molar-refractivity contribution >= 4 is 11.4 Å². The van der Waals surface area contributed by atoms with E-state index in [1.54, 1.807) is 6.07 Å². The Balaban J connectivity index is 2.93. The highest BCUT2D eigenvalue weighted by Gasteiger charge is 2.24. The molecule has 0 aromatic heterocycles. The first kappa shape index (κ1) is 12.8. The molecule has 0 saturated heterocycles. The van der Waals surface area contributed by atoms with Crippen LogP contribution in [0.4, 0.5) is 15.8 Å². The fourth-order valence-electron chi connectivity index (χ4n) is 1.68. The Bertz CT molecular complexity index is 322. The normalized spacial score (nSPS) is 11.5. The summed E-state index contributed by atoms with van der Waals surface area (Å²) in [4.78, 5) is 0. The molecule has 0 amide bonds. The number of aliphatic hydroxyl groups is 1. The average Bonchev–Trinajstić information content (AvgIpc) is 2.25. The van der Waals surface area contributed by atoms with Gasteiger partial charge in [0.15, 0.2) is 0 Å². The van der Waals surface area contributed by atoms with E-state index < -0.39 is 5.54 Å². The van der Waals surface area contributed by atoms with Crippen molar-refractivity contribution in [3.8, 4) is 0 Å². The van der Waals surface area contributed by atoms with Crippen molar-refractivity contribution in [2.24, 2.45) is 0 Å². The summed E-state index contributed by atoms with van der Waals surface area (Å²) in [5.41, 5.74) is 6.14. The van der Waals surface area contributed by atoms with E-state index in [1.165, 1.54) is 12.1 Å². The fraction of sp³-hybridized carbons (Fsp3) is 0.500. The maximum Gasteiger partial charge on any atom is 0.127 e. The van der Waals surface area contributed by atoms with Crippen molar-refractivity contribution in [2.45, 2.75) is 32.2 Å². The molecule has 4 heteroatoms. The van der Waals surface area contributed by atoms with Crippen LogP contribution in [0.25, 0.3) is 0 Å². The van der Waals surface area contributed by atoms with Gasteiger partial charge in [-0.3, -0.25) is 0 Å². The van der Waals surface area contributed by atoms with Crippen LogP contribution in [0.1, 0.15) is 26.7 Å². The van der Waals surface area contributed by atoms with Crippen molar-refractivity contribution in [1.29, 1.82) is 0 Å². The minimum absolute atomic E-state index is 0.0103. The van der Waals surface area contributed by atoms with E-state index in [0.717, 1.165) is 12.8 Å². The molecule has 16 heavy (non-hydrogen) atoms. The summed E-state index contributed by atoms with van der Waals surface area (Å²) in [7, 11) is 0. The highest BCUT2D eigenvalue weighted by atomic mass is 19.1. The molecule has 0 atom stereocenters. The zero-order valence-electron chi connectivity index (χ0n) is 9.76. The lowest BCUT2D eigenvalue weighted by molar-refractivity contribution is 0.202. The Labute approximate surface area is 95.5 Å². The van der Waals surface area contributed by atoms with Crippen LogP contribution in [0.5, 0.6) is 0 Å². The van der Waals surface area contributed by atoms with Gasteiger partial charge in [-0.15, -0.1) is 0 Å². The largest absolute Gasteiger partial charge is 0.399 e. The number of rotatable bonds is 5. The van der Waals surface area contributed by atoms with Gasteiger partial charge in [0.25, 0.3) is 0 Å². The van der Waals surface area contributed by atoms with Gasteiger partial charge in [0, 0.05) is 11.4 Å². The topological polar surface area (TPSA) is 58.3 Å². The molecule has 1 aromatic carbocycles. The van der Waals surface area contributed by atoms with Gasteiger partial charge in [-0.1, -0.05) is 13.8 Å². The Morgan fingerprint density at radius 1 is 1.31 bits per heavy atom. The van der Waals surface area contributed by atoms with Crippen molar-refractivity contribution in [1.82, 2.24) is 0 Å². The first-order valence-electron chi connectivity index (χ1n) is 5.50. The van der Waals surface area contributed by atoms with E-state index in [9.17, 15) is 9.50 Å². The van der Waals surface area contributed by atoms with Crippen LogP contribution in [0.2, 0.25) is 0 Å². The molecule has 0 bridgehead atoms. The predicted octanol–water partition coefficient (Wildman–Crippen LogP) is 2.37. The quantitative estimate of drug-likeness (QED) is 0.675. The molecule has 0 unspecified atom stereocenters. The summed E-state index contributed by atoms with van der Waals surface area (Å²) in [6.45, 7) is 3.97. The Kier molecular flexibility index (Phi) is 4.12. The van der Waals surface area contributed by atoms with Gasteiger partial charge in [-0.25, -0.2) is 4.39 Å². The van der Waals surface area contributed by atoms with Gasteiger partial charge >= 0.3 is 0 Å². The number of benzene rings is 1. The molecule has 0 spiro atoms. The second-order valence-corrected chi connectivity index (χ2v) is 4.04. The van der Waals surface area contributed by atoms with E-state index in [1.807, 2.05) is 13.8 Å². The van der Waals surface area contributed by atoms with E-state index in [4.69, 9.17) is 5.73 Å². The van der Waals surface area contributed by atoms with E-state index >= 15 is 0 Å². The van der Waals surface area contributed by atoms with Gasteiger partial charge in [0.05, 0.1) is 12.1 Å². The molecule has 0 heterocycles. The van der Waals surface area contributed by atoms with Crippen molar-refractivity contribution in [2.75, 3.05) is 17.7 Å². The van der Waals surface area contributed by atoms with Crippen LogP contribution in [-0.4, -0.2) is 17.3 Å². The van der Waals surface area contributed by atoms with Gasteiger partial charge in [0.2, 0.25) is 0 Å². The number of nitrogens with two attached hydrogens (primary N) is 1. The maximum atomic E-state index is 13.1.